The van der Waals surface area contributed by atoms with Gasteiger partial charge in [0.15, 0.2) is 0 Å². The minimum Gasteiger partial charge on any atom is -0.321 e. The maximum Gasteiger partial charge on any atom is 0.256 e. The summed E-state index contributed by atoms with van der Waals surface area (Å²) in [5.74, 6) is -0.264. The average Bonchev–Trinajstić information content (AvgIpc) is 2.33. The molecule has 1 heterocycles. The number of pyridine rings is 1. The van der Waals surface area contributed by atoms with Crippen LogP contribution >= 0.6 is 55.1 Å². The van der Waals surface area contributed by atoms with Crippen molar-refractivity contribution >= 4 is 66.7 Å². The fraction of sp³-hybridized carbons (Fsp3) is 0. The van der Waals surface area contributed by atoms with E-state index in [0.717, 1.165) is 0 Å². The number of hydrogen-bond acceptors (Lipinski definition) is 2. The predicted molar refractivity (Wildman–Crippen MR) is 84.1 cm³/mol. The van der Waals surface area contributed by atoms with E-state index in [1.54, 1.807) is 24.3 Å². The van der Waals surface area contributed by atoms with E-state index in [1.165, 1.54) is 6.20 Å². The molecule has 0 radical (unpaired) electrons. The van der Waals surface area contributed by atoms with Gasteiger partial charge in [-0.1, -0.05) is 23.2 Å². The largest absolute Gasteiger partial charge is 0.321 e. The first kappa shape index (κ1) is 14.8. The maximum absolute atomic E-state index is 12.1. The van der Waals surface area contributed by atoms with Crippen LogP contribution in [0.3, 0.4) is 0 Å². The summed E-state index contributed by atoms with van der Waals surface area (Å²) >= 11 is 18.2. The molecule has 0 spiro atoms. The molecule has 7 heteroatoms. The smallest absolute Gasteiger partial charge is 0.256 e. The molecule has 1 aromatic carbocycles. The zero-order chi connectivity index (χ0) is 14.0. The van der Waals surface area contributed by atoms with Gasteiger partial charge < -0.3 is 5.32 Å². The van der Waals surface area contributed by atoms with Crippen LogP contribution in [0.4, 0.5) is 5.69 Å². The molecule has 0 saturated carbocycles. The van der Waals surface area contributed by atoms with Crippen molar-refractivity contribution in [2.75, 3.05) is 5.32 Å². The molecule has 3 nitrogen and oxygen atoms in total. The molecule has 2 aromatic rings. The van der Waals surface area contributed by atoms with Crippen LogP contribution in [0.15, 0.2) is 39.4 Å². The van der Waals surface area contributed by atoms with Gasteiger partial charge in [-0.3, -0.25) is 4.79 Å². The lowest BCUT2D eigenvalue weighted by molar-refractivity contribution is 0.102. The molecule has 0 unspecified atom stereocenters. The summed E-state index contributed by atoms with van der Waals surface area (Å²) < 4.78 is 1.24. The molecule has 0 aliphatic heterocycles. The number of carbonyl (C=O) groups excluding carboxylic acids is 1. The molecule has 0 fully saturated rings. The maximum atomic E-state index is 12.1. The molecule has 19 heavy (non-hydrogen) atoms. The third-order valence-corrected chi connectivity index (χ3v) is 4.26. The normalized spacial score (nSPS) is 10.3. The number of nitrogens with zero attached hydrogens (tertiary/aromatic N) is 1. The number of rotatable bonds is 2. The van der Waals surface area contributed by atoms with Gasteiger partial charge in [-0.25, -0.2) is 4.98 Å². The summed E-state index contributed by atoms with van der Waals surface area (Å²) in [7, 11) is 0. The molecular weight excluding hydrogens is 419 g/mol. The fourth-order valence-electron chi connectivity index (χ4n) is 1.36. The second-order valence-corrected chi connectivity index (χ2v) is 6.08. The van der Waals surface area contributed by atoms with Crippen LogP contribution in [0.2, 0.25) is 10.2 Å². The van der Waals surface area contributed by atoms with Gasteiger partial charge in [0.25, 0.3) is 5.91 Å². The minimum atomic E-state index is -0.264. The monoisotopic (exact) mass is 422 g/mol. The Hall–Kier alpha value is -0.620. The summed E-state index contributed by atoms with van der Waals surface area (Å²) in [6, 6.07) is 6.63. The summed E-state index contributed by atoms with van der Waals surface area (Å²) in [5, 5.41) is 3.62. The van der Waals surface area contributed by atoms with E-state index in [2.05, 4.69) is 42.2 Å². The second-order valence-electron chi connectivity index (χ2n) is 3.57. The molecule has 0 aliphatic rings. The predicted octanol–water partition coefficient (Wildman–Crippen LogP) is 5.17. The quantitative estimate of drug-likeness (QED) is 0.676. The van der Waals surface area contributed by atoms with Gasteiger partial charge in [-0.2, -0.15) is 0 Å². The summed E-state index contributed by atoms with van der Waals surface area (Å²) in [5.41, 5.74) is 1.03. The molecular formula is C12H6Br2Cl2N2O. The first-order valence-corrected chi connectivity index (χ1v) is 7.39. The van der Waals surface area contributed by atoms with Crippen LogP contribution in [0.5, 0.6) is 0 Å². The van der Waals surface area contributed by atoms with Crippen molar-refractivity contribution in [3.63, 3.8) is 0 Å². The van der Waals surface area contributed by atoms with Crippen molar-refractivity contribution in [1.29, 1.82) is 0 Å². The Morgan fingerprint density at radius 1 is 1.16 bits per heavy atom. The first-order chi connectivity index (χ1) is 8.97. The number of aromatic nitrogens is 1. The summed E-state index contributed by atoms with van der Waals surface area (Å²) in [6.07, 6.45) is 1.48. The fourth-order valence-corrected chi connectivity index (χ4v) is 2.68. The lowest BCUT2D eigenvalue weighted by Gasteiger charge is -2.07. The van der Waals surface area contributed by atoms with Gasteiger partial charge in [-0.05, 0) is 56.1 Å². The lowest BCUT2D eigenvalue weighted by Crippen LogP contribution is -2.12. The SMILES string of the molecule is O=C(Nc1cnc(Cl)c(Br)c1)c1ccc(Cl)cc1Br. The number of hydrogen-bond donors (Lipinski definition) is 1. The highest BCUT2D eigenvalue weighted by molar-refractivity contribution is 9.10. The van der Waals surface area contributed by atoms with Crippen molar-refractivity contribution in [2.24, 2.45) is 0 Å². The van der Waals surface area contributed by atoms with Gasteiger partial charge in [0, 0.05) is 9.50 Å². The van der Waals surface area contributed by atoms with Crippen molar-refractivity contribution in [1.82, 2.24) is 4.98 Å². The van der Waals surface area contributed by atoms with E-state index in [-0.39, 0.29) is 5.91 Å². The Kier molecular flexibility index (Phi) is 4.84. The molecule has 0 atom stereocenters. The van der Waals surface area contributed by atoms with Crippen LogP contribution in [0.1, 0.15) is 10.4 Å². The summed E-state index contributed by atoms with van der Waals surface area (Å²) in [6.45, 7) is 0. The molecule has 0 bridgehead atoms. The highest BCUT2D eigenvalue weighted by Crippen LogP contribution is 2.25. The number of carbonyl (C=O) groups is 1. The third kappa shape index (κ3) is 3.69. The Bertz CT molecular complexity index is 650. The van der Waals surface area contributed by atoms with E-state index in [4.69, 9.17) is 23.2 Å². The van der Waals surface area contributed by atoms with Crippen molar-refractivity contribution in [3.05, 3.63) is 55.1 Å². The average molecular weight is 425 g/mol. The van der Waals surface area contributed by atoms with Gasteiger partial charge in [0.05, 0.1) is 21.9 Å². The van der Waals surface area contributed by atoms with Crippen LogP contribution in [0.25, 0.3) is 0 Å². The zero-order valence-electron chi connectivity index (χ0n) is 9.25. The van der Waals surface area contributed by atoms with E-state index in [9.17, 15) is 4.79 Å². The van der Waals surface area contributed by atoms with E-state index in [1.807, 2.05) is 0 Å². The standard InChI is InChI=1S/C12H6Br2Cl2N2O/c13-9-3-6(15)1-2-8(9)12(19)18-7-4-10(14)11(16)17-5-7/h1-5H,(H,18,19). The van der Waals surface area contributed by atoms with Gasteiger partial charge in [-0.15, -0.1) is 0 Å². The van der Waals surface area contributed by atoms with Gasteiger partial charge in [0.1, 0.15) is 5.15 Å². The molecule has 0 saturated heterocycles. The van der Waals surface area contributed by atoms with Crippen molar-refractivity contribution in [2.45, 2.75) is 0 Å². The van der Waals surface area contributed by atoms with Crippen molar-refractivity contribution < 1.29 is 4.79 Å². The molecule has 2 rings (SSSR count). The van der Waals surface area contributed by atoms with E-state index < -0.39 is 0 Å². The first-order valence-electron chi connectivity index (χ1n) is 5.05. The van der Waals surface area contributed by atoms with Gasteiger partial charge in [0.2, 0.25) is 0 Å². The second kappa shape index (κ2) is 6.22. The number of benzene rings is 1. The van der Waals surface area contributed by atoms with Gasteiger partial charge >= 0.3 is 0 Å². The van der Waals surface area contributed by atoms with Crippen LogP contribution in [-0.2, 0) is 0 Å². The Labute approximate surface area is 136 Å². The number of halogens is 4. The minimum absolute atomic E-state index is 0.264. The van der Waals surface area contributed by atoms with Crippen LogP contribution < -0.4 is 5.32 Å². The zero-order valence-corrected chi connectivity index (χ0v) is 13.9. The van der Waals surface area contributed by atoms with Crippen LogP contribution in [-0.4, -0.2) is 10.9 Å². The number of amides is 1. The third-order valence-electron chi connectivity index (χ3n) is 2.23. The lowest BCUT2D eigenvalue weighted by atomic mass is 10.2. The molecule has 98 valence electrons. The highest BCUT2D eigenvalue weighted by Gasteiger charge is 2.11. The van der Waals surface area contributed by atoms with E-state index >= 15 is 0 Å². The molecule has 1 amide bonds. The topological polar surface area (TPSA) is 42.0 Å². The molecule has 1 aromatic heterocycles. The molecule has 0 aliphatic carbocycles. The Balaban J connectivity index is 2.23. The Morgan fingerprint density at radius 2 is 1.89 bits per heavy atom. The highest BCUT2D eigenvalue weighted by atomic mass is 79.9. The van der Waals surface area contributed by atoms with E-state index in [0.29, 0.717) is 30.4 Å². The summed E-state index contributed by atoms with van der Waals surface area (Å²) in [4.78, 5) is 16.0. The number of nitrogens with one attached hydrogen (secondary N) is 1. The molecule has 1 N–H and O–H groups in total. The van der Waals surface area contributed by atoms with Crippen LogP contribution in [0, 0.1) is 0 Å². The number of anilines is 1. The Morgan fingerprint density at radius 3 is 2.53 bits per heavy atom. The van der Waals surface area contributed by atoms with Crippen molar-refractivity contribution in [3.8, 4) is 0 Å².